The highest BCUT2D eigenvalue weighted by atomic mass is 32.2. The van der Waals surface area contributed by atoms with Crippen LogP contribution in [-0.4, -0.2) is 8.42 Å². The summed E-state index contributed by atoms with van der Waals surface area (Å²) in [5.74, 6) is 0. The van der Waals surface area contributed by atoms with Crippen LogP contribution in [0.15, 0.2) is 39.9 Å². The van der Waals surface area contributed by atoms with Gasteiger partial charge in [0.25, 0.3) is 0 Å². The highest BCUT2D eigenvalue weighted by molar-refractivity contribution is 7.91. The number of nitrogens with two attached hydrogens (primary N) is 1. The van der Waals surface area contributed by atoms with Crippen LogP contribution in [0.4, 0.5) is 5.69 Å². The van der Waals surface area contributed by atoms with Crippen molar-refractivity contribution < 1.29 is 8.42 Å². The predicted octanol–water partition coefficient (Wildman–Crippen LogP) is 2.12. The van der Waals surface area contributed by atoms with Crippen LogP contribution in [0.1, 0.15) is 11.1 Å². The lowest BCUT2D eigenvalue weighted by Gasteiger charge is -2.07. The van der Waals surface area contributed by atoms with Crippen LogP contribution in [0.5, 0.6) is 0 Å². The van der Waals surface area contributed by atoms with Crippen LogP contribution >= 0.6 is 11.3 Å². The number of sulfonamides is 1. The van der Waals surface area contributed by atoms with E-state index in [0.29, 0.717) is 5.69 Å². The van der Waals surface area contributed by atoms with Gasteiger partial charge in [0.2, 0.25) is 10.0 Å². The Bertz CT molecular complexity index is 648. The van der Waals surface area contributed by atoms with Gasteiger partial charge in [0, 0.05) is 17.6 Å². The fraction of sp³-hybridized carbons (Fsp3) is 0.167. The van der Waals surface area contributed by atoms with Crippen LogP contribution in [0, 0.1) is 6.92 Å². The van der Waals surface area contributed by atoms with Crippen molar-refractivity contribution in [3.63, 3.8) is 0 Å². The Morgan fingerprint density at radius 3 is 2.67 bits per heavy atom. The smallest absolute Gasteiger partial charge is 0.250 e. The first-order valence-electron chi connectivity index (χ1n) is 5.37. The zero-order valence-electron chi connectivity index (χ0n) is 9.88. The summed E-state index contributed by atoms with van der Waals surface area (Å²) in [5, 5.41) is 1.61. The maximum Gasteiger partial charge on any atom is 0.250 e. The largest absolute Gasteiger partial charge is 0.398 e. The second-order valence-electron chi connectivity index (χ2n) is 3.95. The van der Waals surface area contributed by atoms with Gasteiger partial charge in [-0.1, -0.05) is 24.3 Å². The van der Waals surface area contributed by atoms with Crippen molar-refractivity contribution in [2.45, 2.75) is 17.7 Å². The molecule has 2 aromatic rings. The van der Waals surface area contributed by atoms with Gasteiger partial charge in [-0.15, -0.1) is 11.3 Å². The molecule has 0 saturated carbocycles. The number of benzene rings is 1. The molecule has 4 nitrogen and oxygen atoms in total. The fourth-order valence-electron chi connectivity index (χ4n) is 1.52. The summed E-state index contributed by atoms with van der Waals surface area (Å²) in [7, 11) is -3.47. The molecule has 6 heteroatoms. The second kappa shape index (κ2) is 5.09. The molecule has 3 N–H and O–H groups in total. The molecular weight excluding hydrogens is 268 g/mol. The maximum absolute atomic E-state index is 12.0. The Hall–Kier alpha value is -1.37. The number of anilines is 1. The van der Waals surface area contributed by atoms with Gasteiger partial charge in [-0.05, 0) is 24.1 Å². The Labute approximate surface area is 111 Å². The molecule has 0 aliphatic carbocycles. The standard InChI is InChI=1S/C12H14N2O2S2/c1-9-4-2-3-5-10(9)7-14-18(15,16)12-6-11(13)8-17-12/h2-6,8,14H,7,13H2,1H3. The molecule has 0 aliphatic heterocycles. The summed E-state index contributed by atoms with van der Waals surface area (Å²) in [4.78, 5) is 0. The van der Waals surface area contributed by atoms with Crippen molar-refractivity contribution in [3.8, 4) is 0 Å². The minimum Gasteiger partial charge on any atom is -0.398 e. The first-order valence-corrected chi connectivity index (χ1v) is 7.73. The second-order valence-corrected chi connectivity index (χ2v) is 6.86. The Balaban J connectivity index is 2.13. The van der Waals surface area contributed by atoms with Gasteiger partial charge in [-0.3, -0.25) is 0 Å². The van der Waals surface area contributed by atoms with Crippen LogP contribution in [-0.2, 0) is 16.6 Å². The zero-order chi connectivity index (χ0) is 13.2. The zero-order valence-corrected chi connectivity index (χ0v) is 11.5. The molecule has 0 saturated heterocycles. The van der Waals surface area contributed by atoms with Crippen LogP contribution in [0.3, 0.4) is 0 Å². The van der Waals surface area contributed by atoms with E-state index in [4.69, 9.17) is 5.73 Å². The van der Waals surface area contributed by atoms with Crippen molar-refractivity contribution in [2.75, 3.05) is 5.73 Å². The summed E-state index contributed by atoms with van der Waals surface area (Å²) in [5.41, 5.74) is 8.02. The number of nitrogen functional groups attached to an aromatic ring is 1. The summed E-state index contributed by atoms with van der Waals surface area (Å²) >= 11 is 1.12. The lowest BCUT2D eigenvalue weighted by Crippen LogP contribution is -2.22. The number of rotatable bonds is 4. The van der Waals surface area contributed by atoms with Gasteiger partial charge in [0.1, 0.15) is 4.21 Å². The topological polar surface area (TPSA) is 72.2 Å². The third kappa shape index (κ3) is 2.90. The minimum absolute atomic E-state index is 0.244. The molecule has 0 amide bonds. The van der Waals surface area contributed by atoms with Crippen molar-refractivity contribution in [1.29, 1.82) is 0 Å². The van der Waals surface area contributed by atoms with Crippen LogP contribution in [0.2, 0.25) is 0 Å². The number of aryl methyl sites for hydroxylation is 1. The van der Waals surface area contributed by atoms with Crippen molar-refractivity contribution in [2.24, 2.45) is 0 Å². The summed E-state index contributed by atoms with van der Waals surface area (Å²) in [6, 6.07) is 9.13. The first-order chi connectivity index (χ1) is 8.49. The van der Waals surface area contributed by atoms with Crippen molar-refractivity contribution in [1.82, 2.24) is 4.72 Å². The Morgan fingerprint density at radius 1 is 1.33 bits per heavy atom. The van der Waals surface area contributed by atoms with Gasteiger partial charge in [0.05, 0.1) is 0 Å². The van der Waals surface area contributed by atoms with E-state index in [-0.39, 0.29) is 10.8 Å². The molecule has 0 bridgehead atoms. The quantitative estimate of drug-likeness (QED) is 0.902. The molecule has 1 aromatic carbocycles. The summed E-state index contributed by atoms with van der Waals surface area (Å²) < 4.78 is 26.8. The third-order valence-electron chi connectivity index (χ3n) is 2.57. The van der Waals surface area contributed by atoms with E-state index in [2.05, 4.69) is 4.72 Å². The molecule has 0 atom stereocenters. The number of hydrogen-bond acceptors (Lipinski definition) is 4. The van der Waals surface area contributed by atoms with E-state index in [9.17, 15) is 8.42 Å². The van der Waals surface area contributed by atoms with E-state index < -0.39 is 10.0 Å². The van der Waals surface area contributed by atoms with Crippen LogP contribution in [0.25, 0.3) is 0 Å². The third-order valence-corrected chi connectivity index (χ3v) is 5.43. The van der Waals surface area contributed by atoms with Gasteiger partial charge in [-0.2, -0.15) is 0 Å². The fourth-order valence-corrected chi connectivity index (χ4v) is 3.65. The molecule has 0 aliphatic rings. The number of hydrogen-bond donors (Lipinski definition) is 2. The lowest BCUT2D eigenvalue weighted by atomic mass is 10.1. The first kappa shape index (κ1) is 13.1. The van der Waals surface area contributed by atoms with Crippen molar-refractivity contribution in [3.05, 3.63) is 46.8 Å². The molecule has 18 heavy (non-hydrogen) atoms. The highest BCUT2D eigenvalue weighted by Crippen LogP contribution is 2.21. The summed E-state index contributed by atoms with van der Waals surface area (Å²) in [6.07, 6.45) is 0. The van der Waals surface area contributed by atoms with E-state index in [1.165, 1.54) is 6.07 Å². The normalized spacial score (nSPS) is 11.6. The molecule has 96 valence electrons. The average Bonchev–Trinajstić information content (AvgIpc) is 2.76. The molecule has 0 spiro atoms. The van der Waals surface area contributed by atoms with Gasteiger partial charge < -0.3 is 5.73 Å². The maximum atomic E-state index is 12.0. The van der Waals surface area contributed by atoms with Gasteiger partial charge >= 0.3 is 0 Å². The van der Waals surface area contributed by atoms with E-state index in [0.717, 1.165) is 22.5 Å². The van der Waals surface area contributed by atoms with E-state index in [1.807, 2.05) is 31.2 Å². The molecule has 1 heterocycles. The minimum atomic E-state index is -3.47. The van der Waals surface area contributed by atoms with Gasteiger partial charge in [-0.25, -0.2) is 13.1 Å². The Morgan fingerprint density at radius 2 is 2.06 bits per heavy atom. The molecule has 2 rings (SSSR count). The lowest BCUT2D eigenvalue weighted by molar-refractivity contribution is 0.583. The summed E-state index contributed by atoms with van der Waals surface area (Å²) in [6.45, 7) is 2.24. The van der Waals surface area contributed by atoms with Gasteiger partial charge in [0.15, 0.2) is 0 Å². The SMILES string of the molecule is Cc1ccccc1CNS(=O)(=O)c1cc(N)cs1. The molecular formula is C12H14N2O2S2. The molecule has 1 aromatic heterocycles. The Kier molecular flexibility index (Phi) is 3.70. The molecule has 0 fully saturated rings. The number of nitrogens with one attached hydrogen (secondary N) is 1. The van der Waals surface area contributed by atoms with Crippen molar-refractivity contribution >= 4 is 27.0 Å². The molecule has 0 radical (unpaired) electrons. The molecule has 0 unspecified atom stereocenters. The van der Waals surface area contributed by atoms with E-state index in [1.54, 1.807) is 5.38 Å². The van der Waals surface area contributed by atoms with E-state index >= 15 is 0 Å². The predicted molar refractivity (Wildman–Crippen MR) is 73.9 cm³/mol. The monoisotopic (exact) mass is 282 g/mol. The highest BCUT2D eigenvalue weighted by Gasteiger charge is 2.16. The van der Waals surface area contributed by atoms with Crippen LogP contribution < -0.4 is 10.5 Å². The number of thiophene rings is 1. The average molecular weight is 282 g/mol.